The van der Waals surface area contributed by atoms with E-state index in [4.69, 9.17) is 5.73 Å². The number of carbonyl (C=O) groups is 1. The number of nitrogens with two attached hydrogens (primary N) is 1. The second-order valence-electron chi connectivity index (χ2n) is 8.46. The van der Waals surface area contributed by atoms with Crippen molar-refractivity contribution in [3.05, 3.63) is 71.7 Å². The van der Waals surface area contributed by atoms with E-state index in [0.717, 1.165) is 24.5 Å². The lowest BCUT2D eigenvalue weighted by Crippen LogP contribution is -2.43. The Bertz CT molecular complexity index is 1490. The minimum atomic E-state index is -4.75. The van der Waals surface area contributed by atoms with Crippen LogP contribution in [0.4, 0.5) is 30.4 Å². The molecule has 2 aromatic heterocycles. The summed E-state index contributed by atoms with van der Waals surface area (Å²) in [7, 11) is -4.01. The van der Waals surface area contributed by atoms with Gasteiger partial charge in [0.1, 0.15) is 5.82 Å². The highest BCUT2D eigenvalue weighted by molar-refractivity contribution is 7.85. The molecule has 0 unspecified atom stereocenters. The van der Waals surface area contributed by atoms with Crippen LogP contribution in [0.3, 0.4) is 0 Å². The van der Waals surface area contributed by atoms with Gasteiger partial charge in [-0.2, -0.15) is 26.7 Å². The molecule has 3 N–H and O–H groups in total. The number of carbonyl (C=O) groups excluding carboxylic acids is 1. The number of rotatable bonds is 7. The van der Waals surface area contributed by atoms with Gasteiger partial charge in [0.15, 0.2) is 5.69 Å². The largest absolute Gasteiger partial charge is 0.416 e. The summed E-state index contributed by atoms with van der Waals surface area (Å²) in [5.41, 5.74) is 5.95. The predicted octanol–water partition coefficient (Wildman–Crippen LogP) is 3.66. The zero-order valence-electron chi connectivity index (χ0n) is 19.8. The monoisotopic (exact) mass is 536 g/mol. The quantitative estimate of drug-likeness (QED) is 0.437. The van der Waals surface area contributed by atoms with Gasteiger partial charge in [0.25, 0.3) is 16.0 Å². The Morgan fingerprint density at radius 2 is 2.05 bits per heavy atom. The number of anilines is 3. The van der Waals surface area contributed by atoms with Crippen molar-refractivity contribution in [1.82, 2.24) is 14.8 Å². The molecule has 0 saturated heterocycles. The van der Waals surface area contributed by atoms with Crippen LogP contribution < -0.4 is 16.0 Å². The summed E-state index contributed by atoms with van der Waals surface area (Å²) < 4.78 is 69.6. The number of fused-ring (bicyclic) bond motifs is 1. The minimum absolute atomic E-state index is 0.112. The second-order valence-corrected chi connectivity index (χ2v) is 10.1. The summed E-state index contributed by atoms with van der Waals surface area (Å²) >= 11 is 0. The van der Waals surface area contributed by atoms with Gasteiger partial charge in [0.2, 0.25) is 0 Å². The molecule has 0 spiro atoms. The first-order valence-electron chi connectivity index (χ1n) is 10.9. The van der Waals surface area contributed by atoms with Crippen molar-refractivity contribution in [3.8, 4) is 0 Å². The number of hydrogen-bond donors (Lipinski definition) is 2. The van der Waals surface area contributed by atoms with Crippen molar-refractivity contribution in [2.45, 2.75) is 25.7 Å². The fraction of sp³-hybridized carbons (Fsp3) is 0.261. The predicted molar refractivity (Wildman–Crippen MR) is 131 cm³/mol. The number of nitrogens with one attached hydrogen (secondary N) is 1. The van der Waals surface area contributed by atoms with E-state index < -0.39 is 39.9 Å². The van der Waals surface area contributed by atoms with E-state index in [0.29, 0.717) is 16.9 Å². The average molecular weight is 537 g/mol. The van der Waals surface area contributed by atoms with Gasteiger partial charge in [-0.3, -0.25) is 13.7 Å². The van der Waals surface area contributed by atoms with Crippen molar-refractivity contribution >= 4 is 38.9 Å². The Kier molecular flexibility index (Phi) is 6.73. The molecule has 14 heteroatoms. The SMILES string of the molecule is C=C(Nc1cnn2c1C(=O)N(c1ccc(C(F)(F)F)c(COS(C)(=O)=O)c1)C[C@@H]2C)c1cccnc1N. The molecule has 10 nitrogen and oxygen atoms in total. The molecule has 4 rings (SSSR count). The van der Waals surface area contributed by atoms with Gasteiger partial charge >= 0.3 is 6.18 Å². The number of halogens is 3. The summed E-state index contributed by atoms with van der Waals surface area (Å²) in [5.74, 6) is -0.296. The lowest BCUT2D eigenvalue weighted by Gasteiger charge is -2.33. The van der Waals surface area contributed by atoms with Gasteiger partial charge in [0, 0.05) is 29.7 Å². The van der Waals surface area contributed by atoms with E-state index >= 15 is 0 Å². The highest BCUT2D eigenvalue weighted by Gasteiger charge is 2.37. The number of nitrogen functional groups attached to an aromatic ring is 1. The van der Waals surface area contributed by atoms with Crippen LogP contribution in [-0.4, -0.2) is 41.9 Å². The van der Waals surface area contributed by atoms with Crippen molar-refractivity contribution in [1.29, 1.82) is 0 Å². The fourth-order valence-electron chi connectivity index (χ4n) is 3.99. The van der Waals surface area contributed by atoms with Crippen LogP contribution in [0.5, 0.6) is 0 Å². The van der Waals surface area contributed by atoms with E-state index in [9.17, 15) is 26.4 Å². The lowest BCUT2D eigenvalue weighted by atomic mass is 10.0. The van der Waals surface area contributed by atoms with Gasteiger partial charge in [-0.15, -0.1) is 0 Å². The molecule has 0 bridgehead atoms. The maximum Gasteiger partial charge on any atom is 0.416 e. The molecule has 0 aliphatic carbocycles. The van der Waals surface area contributed by atoms with Crippen LogP contribution in [0, 0.1) is 0 Å². The third-order valence-corrected chi connectivity index (χ3v) is 6.24. The molecule has 0 radical (unpaired) electrons. The highest BCUT2D eigenvalue weighted by Crippen LogP contribution is 2.37. The Morgan fingerprint density at radius 3 is 2.70 bits per heavy atom. The molecule has 196 valence electrons. The van der Waals surface area contributed by atoms with Crippen LogP contribution in [0.2, 0.25) is 0 Å². The van der Waals surface area contributed by atoms with E-state index in [-0.39, 0.29) is 29.8 Å². The van der Waals surface area contributed by atoms with E-state index in [1.807, 2.05) is 0 Å². The Labute approximate surface area is 210 Å². The van der Waals surface area contributed by atoms with E-state index in [2.05, 4.69) is 26.2 Å². The molecular formula is C23H23F3N6O4S. The Morgan fingerprint density at radius 1 is 1.32 bits per heavy atom. The van der Waals surface area contributed by atoms with Crippen molar-refractivity contribution < 1.29 is 30.6 Å². The minimum Gasteiger partial charge on any atom is -0.383 e. The number of hydrogen-bond acceptors (Lipinski definition) is 8. The normalized spacial score (nSPS) is 16.0. The summed E-state index contributed by atoms with van der Waals surface area (Å²) in [6.45, 7) is 5.03. The molecule has 0 fully saturated rings. The first-order valence-corrected chi connectivity index (χ1v) is 12.7. The van der Waals surface area contributed by atoms with Crippen LogP contribution in [0.1, 0.15) is 40.1 Å². The zero-order valence-corrected chi connectivity index (χ0v) is 20.6. The first-order chi connectivity index (χ1) is 17.3. The van der Waals surface area contributed by atoms with E-state index in [1.165, 1.54) is 22.0 Å². The van der Waals surface area contributed by atoms with Crippen LogP contribution in [0.15, 0.2) is 49.3 Å². The average Bonchev–Trinajstić information content (AvgIpc) is 3.23. The third-order valence-electron chi connectivity index (χ3n) is 5.69. The van der Waals surface area contributed by atoms with Crippen LogP contribution >= 0.6 is 0 Å². The zero-order chi connectivity index (χ0) is 27.1. The molecule has 1 aliphatic heterocycles. The molecular weight excluding hydrogens is 513 g/mol. The van der Waals surface area contributed by atoms with Crippen molar-refractivity contribution in [3.63, 3.8) is 0 Å². The summed E-state index contributed by atoms with van der Waals surface area (Å²) in [5, 5.41) is 7.32. The molecule has 1 amide bonds. The smallest absolute Gasteiger partial charge is 0.383 e. The number of alkyl halides is 3. The van der Waals surface area contributed by atoms with Crippen LogP contribution in [0.25, 0.3) is 5.70 Å². The fourth-order valence-corrected chi connectivity index (χ4v) is 4.33. The molecule has 1 aromatic carbocycles. The Hall–Kier alpha value is -3.91. The van der Waals surface area contributed by atoms with Crippen LogP contribution in [-0.2, 0) is 27.1 Å². The van der Waals surface area contributed by atoms with Crippen molar-refractivity contribution in [2.24, 2.45) is 0 Å². The van der Waals surface area contributed by atoms with Gasteiger partial charge in [-0.25, -0.2) is 4.98 Å². The first kappa shape index (κ1) is 26.2. The topological polar surface area (TPSA) is 132 Å². The molecule has 1 atom stereocenters. The summed E-state index contributed by atoms with van der Waals surface area (Å²) in [6.07, 6.45) is -1.04. The molecule has 0 saturated carbocycles. The molecule has 37 heavy (non-hydrogen) atoms. The third kappa shape index (κ3) is 5.44. The standard InChI is InChI=1S/C23H23F3N6O4S/c1-13-11-31(16-6-7-18(23(24,25)26)15(9-16)12-36-37(3,34)35)22(33)20-19(10-29-32(13)20)30-14(2)17-5-4-8-28-21(17)27/h4-10,13,30H,2,11-12H2,1,3H3,(H2,27,28)/t13-/m0/s1. The number of benzene rings is 1. The molecule has 1 aliphatic rings. The van der Waals surface area contributed by atoms with Gasteiger partial charge in [-0.05, 0) is 42.8 Å². The lowest BCUT2D eigenvalue weighted by molar-refractivity contribution is -0.138. The van der Waals surface area contributed by atoms with Gasteiger partial charge < -0.3 is 16.0 Å². The van der Waals surface area contributed by atoms with E-state index in [1.54, 1.807) is 19.1 Å². The highest BCUT2D eigenvalue weighted by atomic mass is 32.2. The number of aromatic nitrogens is 3. The van der Waals surface area contributed by atoms with Gasteiger partial charge in [-0.1, -0.05) is 6.58 Å². The van der Waals surface area contributed by atoms with Gasteiger partial charge in [0.05, 0.1) is 36.4 Å². The Balaban J connectivity index is 1.69. The second kappa shape index (κ2) is 9.52. The number of nitrogens with zero attached hydrogens (tertiary/aromatic N) is 4. The molecule has 3 aromatic rings. The summed E-state index contributed by atoms with van der Waals surface area (Å²) in [4.78, 5) is 18.9. The number of amides is 1. The molecule has 3 heterocycles. The number of pyridine rings is 1. The maximum atomic E-state index is 13.6. The maximum absolute atomic E-state index is 13.6. The van der Waals surface area contributed by atoms with Crippen molar-refractivity contribution in [2.75, 3.05) is 28.8 Å². The summed E-state index contributed by atoms with van der Waals surface area (Å²) in [6, 6.07) is 6.10.